The molecule has 1 N–H and O–H groups in total. The quantitative estimate of drug-likeness (QED) is 0.699. The predicted octanol–water partition coefficient (Wildman–Crippen LogP) is 5.39. The normalized spacial score (nSPS) is 35.4. The number of hydrogen-bond acceptors (Lipinski definition) is 3. The minimum absolute atomic E-state index is 0.115. The summed E-state index contributed by atoms with van der Waals surface area (Å²) in [5, 5.41) is 9.34. The van der Waals surface area contributed by atoms with Crippen LogP contribution in [0.2, 0.25) is 0 Å². The molecule has 1 aromatic carbocycles. The summed E-state index contributed by atoms with van der Waals surface area (Å²) in [6.07, 6.45) is 7.27. The Morgan fingerprint density at radius 1 is 1.24 bits per heavy atom. The Bertz CT molecular complexity index is 756. The van der Waals surface area contributed by atoms with E-state index in [1.807, 2.05) is 0 Å². The number of carbonyl (C=O) groups is 1. The van der Waals surface area contributed by atoms with Crippen molar-refractivity contribution in [1.82, 2.24) is 0 Å². The lowest BCUT2D eigenvalue weighted by molar-refractivity contribution is -0.129. The second-order valence-corrected chi connectivity index (χ2v) is 10.4. The van der Waals surface area contributed by atoms with Crippen LogP contribution in [-0.4, -0.2) is 24.6 Å². The van der Waals surface area contributed by atoms with E-state index in [0.29, 0.717) is 41.3 Å². The van der Waals surface area contributed by atoms with Gasteiger partial charge in [-0.05, 0) is 97.3 Å². The van der Waals surface area contributed by atoms with E-state index in [2.05, 4.69) is 39.0 Å². The minimum atomic E-state index is -0.115. The molecule has 160 valence electrons. The minimum Gasteiger partial charge on any atom is -0.497 e. The molecule has 0 spiro atoms. The van der Waals surface area contributed by atoms with Gasteiger partial charge in [-0.2, -0.15) is 0 Å². The van der Waals surface area contributed by atoms with E-state index in [4.69, 9.17) is 4.74 Å². The van der Waals surface area contributed by atoms with Gasteiger partial charge in [0, 0.05) is 18.4 Å². The van der Waals surface area contributed by atoms with Crippen LogP contribution in [0, 0.1) is 35.0 Å². The molecule has 0 heterocycles. The molecule has 3 aliphatic rings. The lowest BCUT2D eigenvalue weighted by Crippen LogP contribution is -2.44. The molecule has 7 atom stereocenters. The number of aliphatic hydroxyl groups excluding tert-OH is 1. The smallest absolute Gasteiger partial charge is 0.139 e. The van der Waals surface area contributed by atoms with Gasteiger partial charge in [0.05, 0.1) is 7.11 Å². The number of Topliss-reactive ketones (excluding diaryl/α,β-unsaturated/α-hetero) is 1. The number of benzene rings is 1. The fraction of sp³-hybridized carbons (Fsp3) is 0.731. The Balaban J connectivity index is 1.60. The number of aliphatic hydroxyl groups is 1. The standard InChI is InChI=1S/C26H38O3/c1-16(10-12-27)17(2)13-19-15-24(28)26(3)11-9-22-21-8-6-20(29-4)14-18(21)5-7-23(22)25(19)26/h6,8,14,16-17,19,22-23,25,27H,5,7,9-13,15H2,1-4H3. The molecule has 4 rings (SSSR count). The first-order valence-corrected chi connectivity index (χ1v) is 11.7. The number of hydrogen-bond donors (Lipinski definition) is 1. The van der Waals surface area contributed by atoms with Gasteiger partial charge in [0.1, 0.15) is 11.5 Å². The van der Waals surface area contributed by atoms with E-state index in [0.717, 1.165) is 44.3 Å². The fourth-order valence-electron chi connectivity index (χ4n) is 7.16. The van der Waals surface area contributed by atoms with Crippen molar-refractivity contribution < 1.29 is 14.6 Å². The Labute approximate surface area is 176 Å². The molecule has 1 aromatic rings. The van der Waals surface area contributed by atoms with Crippen LogP contribution in [0.1, 0.15) is 76.3 Å². The molecular formula is C26H38O3. The zero-order valence-electron chi connectivity index (χ0n) is 18.6. The Morgan fingerprint density at radius 2 is 2.03 bits per heavy atom. The van der Waals surface area contributed by atoms with Crippen molar-refractivity contribution >= 4 is 5.78 Å². The highest BCUT2D eigenvalue weighted by Crippen LogP contribution is 2.62. The Kier molecular flexibility index (Phi) is 5.81. The summed E-state index contributed by atoms with van der Waals surface area (Å²) in [5.41, 5.74) is 2.86. The highest BCUT2D eigenvalue weighted by molar-refractivity contribution is 5.87. The molecule has 0 aromatic heterocycles. The lowest BCUT2D eigenvalue weighted by Gasteiger charge is -2.50. The molecular weight excluding hydrogens is 360 g/mol. The van der Waals surface area contributed by atoms with Gasteiger partial charge >= 0.3 is 0 Å². The molecule has 2 fully saturated rings. The van der Waals surface area contributed by atoms with E-state index < -0.39 is 0 Å². The number of fused-ring (bicyclic) bond motifs is 5. The first-order valence-electron chi connectivity index (χ1n) is 11.7. The molecule has 0 aliphatic heterocycles. The van der Waals surface area contributed by atoms with Crippen molar-refractivity contribution in [1.29, 1.82) is 0 Å². The van der Waals surface area contributed by atoms with Gasteiger partial charge in [0.15, 0.2) is 0 Å². The molecule has 0 amide bonds. The third kappa shape index (κ3) is 3.54. The topological polar surface area (TPSA) is 46.5 Å². The van der Waals surface area contributed by atoms with Crippen LogP contribution in [0.25, 0.3) is 0 Å². The van der Waals surface area contributed by atoms with Crippen molar-refractivity contribution in [2.45, 2.75) is 71.6 Å². The average Bonchev–Trinajstić information content (AvgIpc) is 2.97. The number of carbonyl (C=O) groups excluding carboxylic acids is 1. The highest BCUT2D eigenvalue weighted by atomic mass is 16.5. The van der Waals surface area contributed by atoms with Crippen molar-refractivity contribution in [3.63, 3.8) is 0 Å². The molecule has 3 nitrogen and oxygen atoms in total. The molecule has 3 heteroatoms. The van der Waals surface area contributed by atoms with E-state index in [1.165, 1.54) is 17.5 Å². The third-order valence-electron chi connectivity index (χ3n) is 9.01. The number of rotatable bonds is 6. The number of aryl methyl sites for hydroxylation is 1. The van der Waals surface area contributed by atoms with Crippen LogP contribution >= 0.6 is 0 Å². The maximum atomic E-state index is 13.2. The highest BCUT2D eigenvalue weighted by Gasteiger charge is 2.58. The maximum Gasteiger partial charge on any atom is 0.139 e. The van der Waals surface area contributed by atoms with Crippen molar-refractivity contribution in [3.05, 3.63) is 29.3 Å². The predicted molar refractivity (Wildman–Crippen MR) is 116 cm³/mol. The van der Waals surface area contributed by atoms with E-state index in [9.17, 15) is 9.90 Å². The number of methoxy groups -OCH3 is 1. The van der Waals surface area contributed by atoms with Gasteiger partial charge in [-0.1, -0.05) is 26.8 Å². The summed E-state index contributed by atoms with van der Waals surface area (Å²) in [4.78, 5) is 13.2. The summed E-state index contributed by atoms with van der Waals surface area (Å²) in [6.45, 7) is 7.12. The lowest BCUT2D eigenvalue weighted by atomic mass is 9.53. The van der Waals surface area contributed by atoms with Gasteiger partial charge in [-0.3, -0.25) is 4.79 Å². The SMILES string of the molecule is COc1ccc2c(c1)CCC1C2CCC2(C)C(=O)CC(CC(C)C(C)CCO)C12. The molecule has 0 radical (unpaired) electrons. The third-order valence-corrected chi connectivity index (χ3v) is 9.01. The number of ether oxygens (including phenoxy) is 1. The summed E-state index contributed by atoms with van der Waals surface area (Å²) in [6, 6.07) is 6.64. The van der Waals surface area contributed by atoms with Crippen LogP contribution in [0.3, 0.4) is 0 Å². The summed E-state index contributed by atoms with van der Waals surface area (Å²) in [7, 11) is 1.74. The Hall–Kier alpha value is -1.35. The van der Waals surface area contributed by atoms with Crippen LogP contribution in [0.5, 0.6) is 5.75 Å². The molecule has 3 aliphatic carbocycles. The van der Waals surface area contributed by atoms with Crippen molar-refractivity contribution in [3.8, 4) is 5.75 Å². The molecule has 0 bridgehead atoms. The van der Waals surface area contributed by atoms with Crippen LogP contribution in [0.4, 0.5) is 0 Å². The molecule has 29 heavy (non-hydrogen) atoms. The maximum absolute atomic E-state index is 13.2. The van der Waals surface area contributed by atoms with E-state index >= 15 is 0 Å². The number of ketones is 1. The second-order valence-electron chi connectivity index (χ2n) is 10.4. The van der Waals surface area contributed by atoms with Gasteiger partial charge < -0.3 is 9.84 Å². The van der Waals surface area contributed by atoms with Crippen molar-refractivity contribution in [2.24, 2.45) is 35.0 Å². The largest absolute Gasteiger partial charge is 0.497 e. The average molecular weight is 399 g/mol. The van der Waals surface area contributed by atoms with Gasteiger partial charge in [-0.25, -0.2) is 0 Å². The molecule has 7 unspecified atom stereocenters. The van der Waals surface area contributed by atoms with E-state index in [-0.39, 0.29) is 12.0 Å². The zero-order valence-corrected chi connectivity index (χ0v) is 18.6. The van der Waals surface area contributed by atoms with Gasteiger partial charge in [0.25, 0.3) is 0 Å². The second kappa shape index (κ2) is 8.06. The fourth-order valence-corrected chi connectivity index (χ4v) is 7.16. The van der Waals surface area contributed by atoms with Gasteiger partial charge in [-0.15, -0.1) is 0 Å². The summed E-state index contributed by atoms with van der Waals surface area (Å²) < 4.78 is 5.46. The van der Waals surface area contributed by atoms with Gasteiger partial charge in [0.2, 0.25) is 0 Å². The van der Waals surface area contributed by atoms with E-state index in [1.54, 1.807) is 7.11 Å². The monoisotopic (exact) mass is 398 g/mol. The summed E-state index contributed by atoms with van der Waals surface area (Å²) >= 11 is 0. The van der Waals surface area contributed by atoms with Crippen LogP contribution in [0.15, 0.2) is 18.2 Å². The molecule has 2 saturated carbocycles. The zero-order chi connectivity index (χ0) is 20.8. The Morgan fingerprint density at radius 3 is 2.76 bits per heavy atom. The summed E-state index contributed by atoms with van der Waals surface area (Å²) in [5.74, 6) is 4.82. The first kappa shape index (κ1) is 20.9. The molecule has 0 saturated heterocycles. The van der Waals surface area contributed by atoms with Crippen molar-refractivity contribution in [2.75, 3.05) is 13.7 Å². The van der Waals surface area contributed by atoms with Crippen LogP contribution in [-0.2, 0) is 11.2 Å². The van der Waals surface area contributed by atoms with Crippen LogP contribution < -0.4 is 4.74 Å². The first-order chi connectivity index (χ1) is 13.9.